The Balaban J connectivity index is 1.42. The molecule has 2 fully saturated rings. The summed E-state index contributed by atoms with van der Waals surface area (Å²) in [7, 11) is 0. The van der Waals surface area contributed by atoms with Crippen LogP contribution in [0.4, 0.5) is 0 Å². The van der Waals surface area contributed by atoms with Gasteiger partial charge in [-0.3, -0.25) is 0 Å². The van der Waals surface area contributed by atoms with E-state index in [0.29, 0.717) is 12.2 Å². The maximum atomic E-state index is 6.35. The monoisotopic (exact) mass is 500 g/mol. The van der Waals surface area contributed by atoms with Crippen LogP contribution in [0.3, 0.4) is 0 Å². The first-order chi connectivity index (χ1) is 16.5. The summed E-state index contributed by atoms with van der Waals surface area (Å²) in [6, 6.07) is 4.83. The van der Waals surface area contributed by atoms with Crippen molar-refractivity contribution in [1.29, 1.82) is 0 Å². The van der Waals surface area contributed by atoms with Crippen LogP contribution in [0.15, 0.2) is 12.1 Å². The number of benzene rings is 1. The first kappa shape index (κ1) is 29.6. The second kappa shape index (κ2) is 11.4. The maximum Gasteiger partial charge on any atom is 0.0609 e. The molecule has 3 rings (SSSR count). The molecule has 0 radical (unpaired) electrons. The molecule has 36 heavy (non-hydrogen) atoms. The molecular weight excluding hydrogens is 444 g/mol. The summed E-state index contributed by atoms with van der Waals surface area (Å²) in [5, 5.41) is 7.50. The van der Waals surface area contributed by atoms with E-state index >= 15 is 0 Å². The van der Waals surface area contributed by atoms with E-state index in [4.69, 9.17) is 9.47 Å². The van der Waals surface area contributed by atoms with Gasteiger partial charge in [0.25, 0.3) is 0 Å². The molecule has 2 heterocycles. The second-order valence-electron chi connectivity index (χ2n) is 14.5. The molecule has 0 spiro atoms. The van der Waals surface area contributed by atoms with Crippen molar-refractivity contribution in [1.82, 2.24) is 10.6 Å². The summed E-state index contributed by atoms with van der Waals surface area (Å²) >= 11 is 0. The van der Waals surface area contributed by atoms with Crippen molar-refractivity contribution in [3.05, 3.63) is 34.4 Å². The van der Waals surface area contributed by atoms with Gasteiger partial charge in [-0.15, -0.1) is 0 Å². The number of piperidine rings is 2. The molecule has 2 aliphatic rings. The third-order valence-corrected chi connectivity index (χ3v) is 7.99. The van der Waals surface area contributed by atoms with E-state index in [1.807, 2.05) is 0 Å². The molecule has 2 saturated heterocycles. The Morgan fingerprint density at radius 2 is 0.917 bits per heavy atom. The topological polar surface area (TPSA) is 42.5 Å². The number of ether oxygens (including phenoxy) is 2. The van der Waals surface area contributed by atoms with Gasteiger partial charge < -0.3 is 20.1 Å². The van der Waals surface area contributed by atoms with Gasteiger partial charge in [0, 0.05) is 35.4 Å². The zero-order valence-corrected chi connectivity index (χ0v) is 25.2. The Morgan fingerprint density at radius 3 is 1.22 bits per heavy atom. The van der Waals surface area contributed by atoms with E-state index in [9.17, 15) is 0 Å². The van der Waals surface area contributed by atoms with Gasteiger partial charge >= 0.3 is 0 Å². The molecule has 206 valence electrons. The summed E-state index contributed by atoms with van der Waals surface area (Å²) in [4.78, 5) is 0. The lowest BCUT2D eigenvalue weighted by atomic mass is 9.81. The third kappa shape index (κ3) is 9.11. The highest BCUT2D eigenvalue weighted by molar-refractivity contribution is 5.37. The highest BCUT2D eigenvalue weighted by Gasteiger charge is 2.39. The first-order valence-electron chi connectivity index (χ1n) is 14.5. The third-order valence-electron chi connectivity index (χ3n) is 7.99. The van der Waals surface area contributed by atoms with E-state index in [2.05, 4.69) is 92.0 Å². The van der Waals surface area contributed by atoms with Crippen LogP contribution in [-0.4, -0.2) is 47.6 Å². The van der Waals surface area contributed by atoms with Crippen molar-refractivity contribution in [2.24, 2.45) is 0 Å². The lowest BCUT2D eigenvalue weighted by Crippen LogP contribution is -2.59. The summed E-state index contributed by atoms with van der Waals surface area (Å²) in [5.41, 5.74) is 6.35. The zero-order valence-electron chi connectivity index (χ0n) is 25.2. The smallest absolute Gasteiger partial charge is 0.0609 e. The van der Waals surface area contributed by atoms with Gasteiger partial charge in [0.05, 0.1) is 12.2 Å². The van der Waals surface area contributed by atoms with E-state index in [1.54, 1.807) is 0 Å². The maximum absolute atomic E-state index is 6.35. The van der Waals surface area contributed by atoms with E-state index in [-0.39, 0.29) is 22.2 Å². The molecule has 1 aromatic rings. The van der Waals surface area contributed by atoms with Crippen molar-refractivity contribution in [3.8, 4) is 0 Å². The Hall–Kier alpha value is -0.940. The fraction of sp³-hybridized carbons (Fsp3) is 0.812. The van der Waals surface area contributed by atoms with E-state index < -0.39 is 0 Å². The van der Waals surface area contributed by atoms with Crippen LogP contribution in [-0.2, 0) is 22.3 Å². The minimum atomic E-state index is 0.141. The van der Waals surface area contributed by atoms with Gasteiger partial charge in [0.15, 0.2) is 0 Å². The molecule has 4 heteroatoms. The van der Waals surface area contributed by atoms with Crippen molar-refractivity contribution >= 4 is 0 Å². The van der Waals surface area contributed by atoms with Crippen LogP contribution < -0.4 is 10.6 Å². The molecule has 0 saturated carbocycles. The first-order valence-corrected chi connectivity index (χ1v) is 14.5. The SMILES string of the molecule is Cc1cc(CCCOC2CC(C)(C)NC(C)(C)C2)c(C)cc1CCCOC1CC(C)(C)NC(C)(C)C1. The molecule has 0 amide bonds. The van der Waals surface area contributed by atoms with Crippen molar-refractivity contribution < 1.29 is 9.47 Å². The highest BCUT2D eigenvalue weighted by atomic mass is 16.5. The molecule has 1 aromatic carbocycles. The molecule has 2 N–H and O–H groups in total. The van der Waals surface area contributed by atoms with Crippen LogP contribution in [0, 0.1) is 13.8 Å². The lowest BCUT2D eigenvalue weighted by molar-refractivity contribution is -0.0227. The zero-order chi connectivity index (χ0) is 26.8. The van der Waals surface area contributed by atoms with Crippen molar-refractivity contribution in [2.75, 3.05) is 13.2 Å². The van der Waals surface area contributed by atoms with Gasteiger partial charge in [0.2, 0.25) is 0 Å². The van der Waals surface area contributed by atoms with Crippen LogP contribution in [0.25, 0.3) is 0 Å². The van der Waals surface area contributed by atoms with Crippen LogP contribution in [0.1, 0.15) is 116 Å². The Morgan fingerprint density at radius 1 is 0.611 bits per heavy atom. The lowest BCUT2D eigenvalue weighted by Gasteiger charge is -2.46. The largest absolute Gasteiger partial charge is 0.378 e. The molecule has 2 aliphatic heterocycles. The molecular formula is C32H56N2O2. The quantitative estimate of drug-likeness (QED) is 0.346. The van der Waals surface area contributed by atoms with Crippen LogP contribution in [0.5, 0.6) is 0 Å². The van der Waals surface area contributed by atoms with Crippen molar-refractivity contribution in [3.63, 3.8) is 0 Å². The minimum Gasteiger partial charge on any atom is -0.378 e. The Labute approximate surface area is 222 Å². The highest BCUT2D eigenvalue weighted by Crippen LogP contribution is 2.31. The van der Waals surface area contributed by atoms with Crippen molar-refractivity contribution in [2.45, 2.75) is 155 Å². The van der Waals surface area contributed by atoms with E-state index in [1.165, 1.54) is 22.3 Å². The predicted molar refractivity (Wildman–Crippen MR) is 153 cm³/mol. The average molecular weight is 501 g/mol. The molecule has 0 atom stereocenters. The summed E-state index contributed by atoms with van der Waals surface area (Å²) in [5.74, 6) is 0. The number of aryl methyl sites for hydroxylation is 4. The predicted octanol–water partition coefficient (Wildman–Crippen LogP) is 6.82. The van der Waals surface area contributed by atoms with Gasteiger partial charge in [-0.1, -0.05) is 12.1 Å². The van der Waals surface area contributed by atoms with Gasteiger partial charge in [-0.05, 0) is 143 Å². The van der Waals surface area contributed by atoms with Gasteiger partial charge in [-0.25, -0.2) is 0 Å². The molecule has 0 aromatic heterocycles. The van der Waals surface area contributed by atoms with E-state index in [0.717, 1.165) is 64.6 Å². The Kier molecular flexibility index (Phi) is 9.41. The molecule has 0 aliphatic carbocycles. The van der Waals surface area contributed by atoms with Gasteiger partial charge in [-0.2, -0.15) is 0 Å². The number of rotatable bonds is 10. The molecule has 4 nitrogen and oxygen atoms in total. The number of nitrogens with one attached hydrogen (secondary N) is 2. The summed E-state index contributed by atoms with van der Waals surface area (Å²) in [6.07, 6.45) is 9.39. The van der Waals surface area contributed by atoms with Crippen LogP contribution >= 0.6 is 0 Å². The minimum absolute atomic E-state index is 0.141. The summed E-state index contributed by atoms with van der Waals surface area (Å²) < 4.78 is 12.7. The fourth-order valence-electron chi connectivity index (χ4n) is 7.19. The fourth-order valence-corrected chi connectivity index (χ4v) is 7.19. The van der Waals surface area contributed by atoms with Crippen LogP contribution in [0.2, 0.25) is 0 Å². The molecule has 0 unspecified atom stereocenters. The second-order valence-corrected chi connectivity index (χ2v) is 14.5. The molecule has 0 bridgehead atoms. The Bertz CT molecular complexity index is 767. The number of hydrogen-bond acceptors (Lipinski definition) is 4. The van der Waals surface area contributed by atoms with Gasteiger partial charge in [0.1, 0.15) is 0 Å². The average Bonchev–Trinajstić information content (AvgIpc) is 2.66. The normalized spacial score (nSPS) is 23.6. The summed E-state index contributed by atoms with van der Waals surface area (Å²) in [6.45, 7) is 24.6. The standard InChI is InChI=1S/C32H56N2O2/c1-23-17-26(14-12-16-36-28-21-31(7,8)34-32(9,10)22-28)24(2)18-25(23)13-11-15-35-27-19-29(3,4)33-30(5,6)20-27/h17-18,27-28,33-34H,11-16,19-22H2,1-10H3. The number of hydrogen-bond donors (Lipinski definition) is 2.